The molecular formula is C17H12ClNO2S. The number of carbonyl (C=O) groups is 1. The Morgan fingerprint density at radius 3 is 2.50 bits per heavy atom. The molecule has 0 saturated heterocycles. The van der Waals surface area contributed by atoms with Gasteiger partial charge in [0.05, 0.1) is 16.8 Å². The Balaban J connectivity index is 2.26. The fourth-order valence-electron chi connectivity index (χ4n) is 2.28. The zero-order valence-electron chi connectivity index (χ0n) is 11.7. The van der Waals surface area contributed by atoms with E-state index in [1.807, 2.05) is 36.6 Å². The third-order valence-corrected chi connectivity index (χ3v) is 4.36. The Kier molecular flexibility index (Phi) is 4.05. The molecule has 0 aliphatic carbocycles. The number of aromatic carboxylic acids is 1. The van der Waals surface area contributed by atoms with E-state index in [1.54, 1.807) is 30.0 Å². The van der Waals surface area contributed by atoms with E-state index in [0.29, 0.717) is 21.6 Å². The molecule has 0 atom stereocenters. The van der Waals surface area contributed by atoms with Crippen molar-refractivity contribution in [1.29, 1.82) is 0 Å². The Hall–Kier alpha value is -2.04. The van der Waals surface area contributed by atoms with E-state index in [2.05, 4.69) is 4.98 Å². The third kappa shape index (κ3) is 2.80. The first kappa shape index (κ1) is 14.9. The van der Waals surface area contributed by atoms with Crippen molar-refractivity contribution in [2.45, 2.75) is 4.90 Å². The van der Waals surface area contributed by atoms with Crippen LogP contribution < -0.4 is 0 Å². The molecule has 0 radical (unpaired) electrons. The molecule has 110 valence electrons. The summed E-state index contributed by atoms with van der Waals surface area (Å²) in [4.78, 5) is 17.2. The van der Waals surface area contributed by atoms with E-state index in [9.17, 15) is 9.90 Å². The molecule has 3 nitrogen and oxygen atoms in total. The van der Waals surface area contributed by atoms with Crippen LogP contribution in [0.1, 0.15) is 10.4 Å². The zero-order chi connectivity index (χ0) is 15.7. The fraction of sp³-hybridized carbons (Fsp3) is 0.0588. The summed E-state index contributed by atoms with van der Waals surface area (Å²) in [5.74, 6) is -0.959. The van der Waals surface area contributed by atoms with Crippen LogP contribution in [0.15, 0.2) is 53.4 Å². The van der Waals surface area contributed by atoms with Gasteiger partial charge >= 0.3 is 5.97 Å². The first-order valence-corrected chi connectivity index (χ1v) is 8.17. The average molecular weight is 330 g/mol. The first-order chi connectivity index (χ1) is 10.6. The van der Waals surface area contributed by atoms with Gasteiger partial charge in [-0.1, -0.05) is 29.8 Å². The summed E-state index contributed by atoms with van der Waals surface area (Å²) in [6.45, 7) is 0. The smallest absolute Gasteiger partial charge is 0.336 e. The van der Waals surface area contributed by atoms with Crippen LogP contribution >= 0.6 is 23.4 Å². The van der Waals surface area contributed by atoms with E-state index in [-0.39, 0.29) is 5.56 Å². The summed E-state index contributed by atoms with van der Waals surface area (Å²) in [5, 5.41) is 10.7. The van der Waals surface area contributed by atoms with Gasteiger partial charge in [0.15, 0.2) is 0 Å². The topological polar surface area (TPSA) is 50.2 Å². The minimum atomic E-state index is -0.959. The molecule has 22 heavy (non-hydrogen) atoms. The molecule has 5 heteroatoms. The molecule has 0 bridgehead atoms. The number of hydrogen-bond donors (Lipinski definition) is 1. The van der Waals surface area contributed by atoms with Gasteiger partial charge in [-0.2, -0.15) is 0 Å². The van der Waals surface area contributed by atoms with Gasteiger partial charge in [-0.25, -0.2) is 9.78 Å². The maximum absolute atomic E-state index is 11.6. The highest BCUT2D eigenvalue weighted by Gasteiger charge is 2.13. The molecule has 0 fully saturated rings. The van der Waals surface area contributed by atoms with Crippen molar-refractivity contribution in [2.24, 2.45) is 0 Å². The lowest BCUT2D eigenvalue weighted by Crippen LogP contribution is -2.00. The molecule has 0 unspecified atom stereocenters. The molecule has 0 saturated carbocycles. The quantitative estimate of drug-likeness (QED) is 0.689. The van der Waals surface area contributed by atoms with E-state index < -0.39 is 5.97 Å². The Labute approximate surface area is 137 Å². The van der Waals surface area contributed by atoms with Crippen LogP contribution in [0.4, 0.5) is 0 Å². The molecule has 1 aromatic heterocycles. The molecule has 1 heterocycles. The maximum atomic E-state index is 11.6. The number of pyridine rings is 1. The van der Waals surface area contributed by atoms with Crippen LogP contribution in [-0.4, -0.2) is 22.3 Å². The van der Waals surface area contributed by atoms with Gasteiger partial charge in [-0.15, -0.1) is 11.8 Å². The molecule has 3 rings (SSSR count). The summed E-state index contributed by atoms with van der Waals surface area (Å²) >= 11 is 7.49. The Morgan fingerprint density at radius 2 is 1.86 bits per heavy atom. The number of nitrogens with zero attached hydrogens (tertiary/aromatic N) is 1. The number of rotatable bonds is 3. The average Bonchev–Trinajstić information content (AvgIpc) is 2.53. The standard InChI is InChI=1S/C17H12ClNO2S/c1-22-12-6-7-13-14(17(20)21)9-15(19-16(13)8-12)10-2-4-11(18)5-3-10/h2-9H,1H3,(H,20,21). The molecule has 0 spiro atoms. The number of thioether (sulfide) groups is 1. The van der Waals surface area contributed by atoms with Crippen molar-refractivity contribution in [3.63, 3.8) is 0 Å². The molecule has 3 aromatic rings. The van der Waals surface area contributed by atoms with Crippen molar-refractivity contribution in [2.75, 3.05) is 6.26 Å². The fourth-order valence-corrected chi connectivity index (χ4v) is 2.84. The summed E-state index contributed by atoms with van der Waals surface area (Å²) in [7, 11) is 0. The number of carboxylic acid groups (broad SMARTS) is 1. The van der Waals surface area contributed by atoms with Crippen molar-refractivity contribution in [3.8, 4) is 11.3 Å². The van der Waals surface area contributed by atoms with Gasteiger partial charge in [-0.05, 0) is 36.6 Å². The number of fused-ring (bicyclic) bond motifs is 1. The Bertz CT molecular complexity index is 862. The Morgan fingerprint density at radius 1 is 1.14 bits per heavy atom. The molecular weight excluding hydrogens is 318 g/mol. The third-order valence-electron chi connectivity index (χ3n) is 3.39. The summed E-state index contributed by atoms with van der Waals surface area (Å²) in [6, 6.07) is 14.4. The minimum Gasteiger partial charge on any atom is -0.478 e. The van der Waals surface area contributed by atoms with Gasteiger partial charge in [0, 0.05) is 20.9 Å². The molecule has 0 aliphatic heterocycles. The largest absolute Gasteiger partial charge is 0.478 e. The van der Waals surface area contributed by atoms with Gasteiger partial charge in [-0.3, -0.25) is 0 Å². The predicted molar refractivity (Wildman–Crippen MR) is 90.9 cm³/mol. The van der Waals surface area contributed by atoms with Gasteiger partial charge in [0.2, 0.25) is 0 Å². The highest BCUT2D eigenvalue weighted by atomic mass is 35.5. The van der Waals surface area contributed by atoms with Crippen LogP contribution in [0.3, 0.4) is 0 Å². The summed E-state index contributed by atoms with van der Waals surface area (Å²) < 4.78 is 0. The molecule has 2 aromatic carbocycles. The van der Waals surface area contributed by atoms with Crippen LogP contribution in [-0.2, 0) is 0 Å². The molecule has 1 N–H and O–H groups in total. The van der Waals surface area contributed by atoms with Crippen molar-refractivity contribution >= 4 is 40.2 Å². The monoisotopic (exact) mass is 329 g/mol. The highest BCUT2D eigenvalue weighted by Crippen LogP contribution is 2.28. The summed E-state index contributed by atoms with van der Waals surface area (Å²) in [5.41, 5.74) is 2.39. The maximum Gasteiger partial charge on any atom is 0.336 e. The van der Waals surface area contributed by atoms with E-state index >= 15 is 0 Å². The number of hydrogen-bond acceptors (Lipinski definition) is 3. The second kappa shape index (κ2) is 5.99. The zero-order valence-corrected chi connectivity index (χ0v) is 13.3. The highest BCUT2D eigenvalue weighted by molar-refractivity contribution is 7.98. The second-order valence-electron chi connectivity index (χ2n) is 4.75. The van der Waals surface area contributed by atoms with E-state index in [0.717, 1.165) is 10.5 Å². The number of carboxylic acids is 1. The lowest BCUT2D eigenvalue weighted by Gasteiger charge is -2.08. The van der Waals surface area contributed by atoms with Crippen LogP contribution in [0.25, 0.3) is 22.2 Å². The van der Waals surface area contributed by atoms with E-state index in [4.69, 9.17) is 11.6 Å². The van der Waals surface area contributed by atoms with Crippen LogP contribution in [0.2, 0.25) is 5.02 Å². The minimum absolute atomic E-state index is 0.252. The van der Waals surface area contributed by atoms with Crippen molar-refractivity contribution in [3.05, 3.63) is 59.1 Å². The van der Waals surface area contributed by atoms with Gasteiger partial charge in [0.1, 0.15) is 0 Å². The molecule has 0 amide bonds. The number of aromatic nitrogens is 1. The number of halogens is 1. The SMILES string of the molecule is CSc1ccc2c(C(=O)O)cc(-c3ccc(Cl)cc3)nc2c1. The second-order valence-corrected chi connectivity index (χ2v) is 6.07. The van der Waals surface area contributed by atoms with Gasteiger partial charge < -0.3 is 5.11 Å². The summed E-state index contributed by atoms with van der Waals surface area (Å²) in [6.07, 6.45) is 1.97. The van der Waals surface area contributed by atoms with Gasteiger partial charge in [0.25, 0.3) is 0 Å². The normalized spacial score (nSPS) is 10.8. The lowest BCUT2D eigenvalue weighted by molar-refractivity contribution is 0.0699. The number of benzene rings is 2. The molecule has 0 aliphatic rings. The van der Waals surface area contributed by atoms with Crippen molar-refractivity contribution < 1.29 is 9.90 Å². The van der Waals surface area contributed by atoms with Crippen LogP contribution in [0.5, 0.6) is 0 Å². The predicted octanol–water partition coefficient (Wildman–Crippen LogP) is 4.98. The van der Waals surface area contributed by atoms with E-state index in [1.165, 1.54) is 0 Å². The first-order valence-electron chi connectivity index (χ1n) is 6.56. The van der Waals surface area contributed by atoms with Crippen LogP contribution in [0, 0.1) is 0 Å². The van der Waals surface area contributed by atoms with Crippen molar-refractivity contribution in [1.82, 2.24) is 4.98 Å². The lowest BCUT2D eigenvalue weighted by atomic mass is 10.0.